The van der Waals surface area contributed by atoms with E-state index in [-0.39, 0.29) is 30.8 Å². The highest BCUT2D eigenvalue weighted by molar-refractivity contribution is 5.90. The maximum atomic E-state index is 12.6. The zero-order valence-corrected chi connectivity index (χ0v) is 14.5. The Hall–Kier alpha value is -2.40. The summed E-state index contributed by atoms with van der Waals surface area (Å²) >= 11 is 0. The normalized spacial score (nSPS) is 21.5. The first-order valence-corrected chi connectivity index (χ1v) is 8.44. The molecule has 0 heterocycles. The van der Waals surface area contributed by atoms with Crippen molar-refractivity contribution in [2.45, 2.75) is 31.2 Å². The fourth-order valence-electron chi connectivity index (χ4n) is 3.58. The molecule has 0 aliphatic heterocycles. The Morgan fingerprint density at radius 2 is 1.96 bits per heavy atom. The molecule has 0 spiro atoms. The highest BCUT2D eigenvalue weighted by atomic mass is 16.5. The summed E-state index contributed by atoms with van der Waals surface area (Å²) in [4.78, 5) is 23.7. The number of carbonyl (C=O) groups excluding carboxylic acids is 1. The van der Waals surface area contributed by atoms with Crippen molar-refractivity contribution in [1.82, 2.24) is 5.32 Å². The summed E-state index contributed by atoms with van der Waals surface area (Å²) in [5.74, 6) is -0.988. The van der Waals surface area contributed by atoms with Gasteiger partial charge in [-0.15, -0.1) is 0 Å². The molecule has 1 amide bonds. The van der Waals surface area contributed by atoms with Crippen LogP contribution in [0.1, 0.15) is 31.2 Å². The summed E-state index contributed by atoms with van der Waals surface area (Å²) in [6.07, 6.45) is 0.619. The quantitative estimate of drug-likeness (QED) is 0.812. The zero-order valence-electron chi connectivity index (χ0n) is 14.5. The van der Waals surface area contributed by atoms with E-state index in [0.29, 0.717) is 0 Å². The molecule has 1 fully saturated rings. The van der Waals surface area contributed by atoms with Crippen molar-refractivity contribution in [3.8, 4) is 0 Å². The number of ether oxygens (including phenoxy) is 1. The summed E-state index contributed by atoms with van der Waals surface area (Å²) in [5, 5.41) is 14.3. The lowest BCUT2D eigenvalue weighted by Crippen LogP contribution is -2.51. The van der Waals surface area contributed by atoms with E-state index in [0.717, 1.165) is 6.42 Å². The van der Waals surface area contributed by atoms with Crippen LogP contribution in [0.3, 0.4) is 0 Å². The molecule has 2 aromatic carbocycles. The molecule has 0 aromatic heterocycles. The highest BCUT2D eigenvalue weighted by Gasteiger charge is 2.46. The number of rotatable bonds is 7. The van der Waals surface area contributed by atoms with Gasteiger partial charge >= 0.3 is 5.97 Å². The fourth-order valence-corrected chi connectivity index (χ4v) is 3.58. The number of fused-ring (bicyclic) bond motifs is 1. The van der Waals surface area contributed by atoms with Crippen molar-refractivity contribution in [2.24, 2.45) is 5.92 Å². The molecule has 3 rings (SSSR count). The van der Waals surface area contributed by atoms with Crippen LogP contribution in [-0.2, 0) is 14.3 Å². The molecule has 132 valence electrons. The number of methoxy groups -OCH3 is 1. The van der Waals surface area contributed by atoms with Crippen molar-refractivity contribution in [2.75, 3.05) is 13.7 Å². The van der Waals surface area contributed by atoms with E-state index in [4.69, 9.17) is 9.84 Å². The van der Waals surface area contributed by atoms with Gasteiger partial charge in [0.25, 0.3) is 0 Å². The van der Waals surface area contributed by atoms with E-state index in [1.807, 2.05) is 18.2 Å². The lowest BCUT2D eigenvalue weighted by molar-refractivity contribution is -0.139. The van der Waals surface area contributed by atoms with Gasteiger partial charge in [0.15, 0.2) is 0 Å². The molecule has 3 atom stereocenters. The van der Waals surface area contributed by atoms with Gasteiger partial charge < -0.3 is 15.2 Å². The predicted octanol–water partition coefficient (Wildman–Crippen LogP) is 2.94. The van der Waals surface area contributed by atoms with Crippen LogP contribution >= 0.6 is 0 Å². The first-order valence-electron chi connectivity index (χ1n) is 8.44. The molecule has 3 unspecified atom stereocenters. The Kier molecular flexibility index (Phi) is 4.77. The minimum atomic E-state index is -0.957. The third-order valence-corrected chi connectivity index (χ3v) is 4.78. The van der Waals surface area contributed by atoms with Gasteiger partial charge in [-0.3, -0.25) is 9.59 Å². The van der Waals surface area contributed by atoms with Crippen LogP contribution in [-0.4, -0.2) is 36.2 Å². The summed E-state index contributed by atoms with van der Waals surface area (Å²) in [6.45, 7) is 1.87. The van der Waals surface area contributed by atoms with Crippen LogP contribution in [0.25, 0.3) is 10.8 Å². The minimum absolute atomic E-state index is 0.0984. The predicted molar refractivity (Wildman–Crippen MR) is 95.5 cm³/mol. The van der Waals surface area contributed by atoms with Crippen molar-refractivity contribution < 1.29 is 19.4 Å². The maximum absolute atomic E-state index is 12.6. The molecule has 25 heavy (non-hydrogen) atoms. The van der Waals surface area contributed by atoms with Gasteiger partial charge in [-0.05, 0) is 35.6 Å². The van der Waals surface area contributed by atoms with Gasteiger partial charge in [-0.25, -0.2) is 0 Å². The molecule has 5 nitrogen and oxygen atoms in total. The minimum Gasteiger partial charge on any atom is -0.481 e. The average Bonchev–Trinajstić information content (AvgIpc) is 3.34. The Morgan fingerprint density at radius 1 is 1.24 bits per heavy atom. The van der Waals surface area contributed by atoms with Gasteiger partial charge in [-0.2, -0.15) is 0 Å². The van der Waals surface area contributed by atoms with Gasteiger partial charge in [-0.1, -0.05) is 42.5 Å². The third kappa shape index (κ3) is 3.82. The second kappa shape index (κ2) is 6.84. The monoisotopic (exact) mass is 341 g/mol. The number of carboxylic acid groups (broad SMARTS) is 1. The van der Waals surface area contributed by atoms with Gasteiger partial charge in [0.1, 0.15) is 0 Å². The molecule has 1 aliphatic carbocycles. The van der Waals surface area contributed by atoms with E-state index in [9.17, 15) is 9.59 Å². The molecular weight excluding hydrogens is 318 g/mol. The Balaban J connectivity index is 1.74. The third-order valence-electron chi connectivity index (χ3n) is 4.78. The number of amides is 1. The number of hydrogen-bond acceptors (Lipinski definition) is 3. The molecule has 5 heteroatoms. The topological polar surface area (TPSA) is 75.6 Å². The number of hydrogen-bond donors (Lipinski definition) is 2. The standard InChI is InChI=1S/C20H23NO4/c1-20(12-25-2,11-18(22)23)21-19(24)17-10-16(17)15-9-5-7-13-6-3-4-8-14(13)15/h3-9,16-17H,10-12H2,1-2H3,(H,21,24)(H,22,23). The summed E-state index contributed by atoms with van der Waals surface area (Å²) in [6, 6.07) is 14.3. The Morgan fingerprint density at radius 3 is 2.68 bits per heavy atom. The van der Waals surface area contributed by atoms with Crippen LogP contribution in [0.2, 0.25) is 0 Å². The molecule has 1 saturated carbocycles. The van der Waals surface area contributed by atoms with Crippen molar-refractivity contribution in [3.05, 3.63) is 48.0 Å². The van der Waals surface area contributed by atoms with E-state index in [1.54, 1.807) is 6.92 Å². The summed E-state index contributed by atoms with van der Waals surface area (Å²) in [7, 11) is 1.50. The number of aliphatic carboxylic acids is 1. The second-order valence-corrected chi connectivity index (χ2v) is 7.07. The fraction of sp³-hybridized carbons (Fsp3) is 0.400. The van der Waals surface area contributed by atoms with Crippen LogP contribution < -0.4 is 5.32 Å². The van der Waals surface area contributed by atoms with Crippen molar-refractivity contribution in [3.63, 3.8) is 0 Å². The molecular formula is C20H23NO4. The number of nitrogens with one attached hydrogen (secondary N) is 1. The summed E-state index contributed by atoms with van der Waals surface area (Å²) < 4.78 is 5.10. The number of benzene rings is 2. The largest absolute Gasteiger partial charge is 0.481 e. The van der Waals surface area contributed by atoms with Crippen LogP contribution in [0.4, 0.5) is 0 Å². The van der Waals surface area contributed by atoms with Crippen LogP contribution in [0.5, 0.6) is 0 Å². The lowest BCUT2D eigenvalue weighted by atomic mass is 9.97. The van der Waals surface area contributed by atoms with Crippen molar-refractivity contribution in [1.29, 1.82) is 0 Å². The first-order chi connectivity index (χ1) is 11.9. The molecule has 0 radical (unpaired) electrons. The first kappa shape index (κ1) is 17.4. The highest BCUT2D eigenvalue weighted by Crippen LogP contribution is 2.49. The Labute approximate surface area is 147 Å². The van der Waals surface area contributed by atoms with E-state index in [1.165, 1.54) is 23.4 Å². The molecule has 2 N–H and O–H groups in total. The molecule has 0 saturated heterocycles. The lowest BCUT2D eigenvalue weighted by Gasteiger charge is -2.28. The zero-order chi connectivity index (χ0) is 18.0. The number of carbonyl (C=O) groups is 2. The number of carboxylic acids is 1. The van der Waals surface area contributed by atoms with E-state index >= 15 is 0 Å². The SMILES string of the molecule is COCC(C)(CC(=O)O)NC(=O)C1CC1c1cccc2ccccc12. The smallest absolute Gasteiger partial charge is 0.305 e. The average molecular weight is 341 g/mol. The van der Waals surface area contributed by atoms with Gasteiger partial charge in [0.2, 0.25) is 5.91 Å². The van der Waals surface area contributed by atoms with Crippen molar-refractivity contribution >= 4 is 22.6 Å². The van der Waals surface area contributed by atoms with Crippen LogP contribution in [0.15, 0.2) is 42.5 Å². The molecule has 1 aliphatic rings. The van der Waals surface area contributed by atoms with Gasteiger partial charge in [0.05, 0.1) is 18.6 Å². The summed E-state index contributed by atoms with van der Waals surface area (Å²) in [5.41, 5.74) is 0.286. The Bertz CT molecular complexity index is 798. The molecule has 0 bridgehead atoms. The maximum Gasteiger partial charge on any atom is 0.305 e. The van der Waals surface area contributed by atoms with Crippen LogP contribution in [0, 0.1) is 5.92 Å². The molecule has 2 aromatic rings. The second-order valence-electron chi connectivity index (χ2n) is 7.07. The van der Waals surface area contributed by atoms with E-state index < -0.39 is 11.5 Å². The van der Waals surface area contributed by atoms with Gasteiger partial charge in [0, 0.05) is 13.0 Å². The van der Waals surface area contributed by atoms with E-state index in [2.05, 4.69) is 29.6 Å².